The molecule has 1 N–H and O–H groups in total. The minimum atomic E-state index is -0.956. The second-order valence-electron chi connectivity index (χ2n) is 4.57. The van der Waals surface area contributed by atoms with Crippen LogP contribution in [0, 0.1) is 6.92 Å². The number of aryl methyl sites for hydroxylation is 1. The molecular formula is C16H15NO3. The molecule has 0 unspecified atom stereocenters. The van der Waals surface area contributed by atoms with Crippen molar-refractivity contribution in [2.45, 2.75) is 13.5 Å². The fraction of sp³-hybridized carbons (Fsp3) is 0.125. The Morgan fingerprint density at radius 3 is 2.20 bits per heavy atom. The van der Waals surface area contributed by atoms with Crippen LogP contribution in [0.25, 0.3) is 0 Å². The Bertz CT molecular complexity index is 603. The van der Waals surface area contributed by atoms with Gasteiger partial charge in [-0.2, -0.15) is 0 Å². The van der Waals surface area contributed by atoms with Gasteiger partial charge >= 0.3 is 5.97 Å². The molecule has 0 aliphatic heterocycles. The van der Waals surface area contributed by atoms with Gasteiger partial charge in [0.15, 0.2) is 0 Å². The van der Waals surface area contributed by atoms with Crippen molar-refractivity contribution in [1.29, 1.82) is 0 Å². The lowest BCUT2D eigenvalue weighted by Crippen LogP contribution is -2.20. The van der Waals surface area contributed by atoms with Crippen LogP contribution in [-0.4, -0.2) is 17.5 Å². The Hall–Kier alpha value is -2.62. The van der Waals surface area contributed by atoms with E-state index in [1.807, 2.05) is 31.2 Å². The highest BCUT2D eigenvalue weighted by Crippen LogP contribution is 2.16. The van der Waals surface area contributed by atoms with Crippen molar-refractivity contribution in [3.63, 3.8) is 0 Å². The quantitative estimate of drug-likeness (QED) is 0.849. The summed E-state index contributed by atoms with van der Waals surface area (Å²) in [6.07, 6.45) is 0.774. The first-order chi connectivity index (χ1) is 9.60. The number of carbonyl (C=O) groups is 2. The van der Waals surface area contributed by atoms with Gasteiger partial charge in [-0.15, -0.1) is 0 Å². The van der Waals surface area contributed by atoms with Gasteiger partial charge in [-0.05, 0) is 36.8 Å². The van der Waals surface area contributed by atoms with Crippen LogP contribution in [0.15, 0.2) is 48.5 Å². The highest BCUT2D eigenvalue weighted by Gasteiger charge is 2.07. The predicted octanol–water partition coefficient (Wildman–Crippen LogP) is 2.86. The number of carboxylic acids is 1. The van der Waals surface area contributed by atoms with Crippen molar-refractivity contribution in [1.82, 2.24) is 0 Å². The summed E-state index contributed by atoms with van der Waals surface area (Å²) in [5.74, 6) is -0.956. The Balaban J connectivity index is 2.15. The molecule has 4 heteroatoms. The number of aromatic carboxylic acids is 1. The molecule has 0 saturated carbocycles. The zero-order valence-electron chi connectivity index (χ0n) is 11.1. The standard InChI is InChI=1S/C16H15NO3/c1-12-2-8-15(9-3-12)17(11-18)10-13-4-6-14(7-5-13)16(19)20/h2-9,11H,10H2,1H3,(H,19,20). The van der Waals surface area contributed by atoms with Crippen molar-refractivity contribution in [2.24, 2.45) is 0 Å². The van der Waals surface area contributed by atoms with Gasteiger partial charge in [0.1, 0.15) is 0 Å². The van der Waals surface area contributed by atoms with Crippen LogP contribution in [0.2, 0.25) is 0 Å². The highest BCUT2D eigenvalue weighted by atomic mass is 16.4. The van der Waals surface area contributed by atoms with Crippen LogP contribution in [0.5, 0.6) is 0 Å². The van der Waals surface area contributed by atoms with Crippen molar-refractivity contribution in [3.8, 4) is 0 Å². The second kappa shape index (κ2) is 6.02. The van der Waals surface area contributed by atoms with Gasteiger partial charge in [-0.25, -0.2) is 4.79 Å². The molecule has 102 valence electrons. The molecular weight excluding hydrogens is 254 g/mol. The van der Waals surface area contributed by atoms with E-state index in [-0.39, 0.29) is 5.56 Å². The average molecular weight is 269 g/mol. The molecule has 2 aromatic rings. The Labute approximate surface area is 117 Å². The molecule has 2 rings (SSSR count). The summed E-state index contributed by atoms with van der Waals surface area (Å²) in [6.45, 7) is 2.39. The molecule has 0 bridgehead atoms. The van der Waals surface area contributed by atoms with Gasteiger partial charge in [-0.1, -0.05) is 29.8 Å². The second-order valence-corrected chi connectivity index (χ2v) is 4.57. The highest BCUT2D eigenvalue weighted by molar-refractivity contribution is 5.87. The zero-order valence-corrected chi connectivity index (χ0v) is 11.1. The van der Waals surface area contributed by atoms with E-state index in [4.69, 9.17) is 5.11 Å². The largest absolute Gasteiger partial charge is 0.478 e. The van der Waals surface area contributed by atoms with Gasteiger partial charge < -0.3 is 10.0 Å². The SMILES string of the molecule is Cc1ccc(N(C=O)Cc2ccc(C(=O)O)cc2)cc1. The molecule has 2 aromatic carbocycles. The lowest BCUT2D eigenvalue weighted by molar-refractivity contribution is -0.107. The first-order valence-corrected chi connectivity index (χ1v) is 6.21. The molecule has 20 heavy (non-hydrogen) atoms. The lowest BCUT2D eigenvalue weighted by Gasteiger charge is -2.17. The van der Waals surface area contributed by atoms with E-state index in [1.165, 1.54) is 12.1 Å². The van der Waals surface area contributed by atoms with E-state index >= 15 is 0 Å². The number of carboxylic acid groups (broad SMARTS) is 1. The molecule has 0 saturated heterocycles. The number of rotatable bonds is 5. The Morgan fingerprint density at radius 1 is 1.10 bits per heavy atom. The van der Waals surface area contributed by atoms with E-state index in [0.29, 0.717) is 6.54 Å². The van der Waals surface area contributed by atoms with E-state index in [0.717, 1.165) is 23.2 Å². The van der Waals surface area contributed by atoms with Gasteiger partial charge in [0.05, 0.1) is 12.1 Å². The Kier molecular flexibility index (Phi) is 4.15. The zero-order chi connectivity index (χ0) is 14.5. The van der Waals surface area contributed by atoms with Crippen molar-refractivity contribution in [3.05, 3.63) is 65.2 Å². The summed E-state index contributed by atoms with van der Waals surface area (Å²) in [6, 6.07) is 14.2. The molecule has 0 heterocycles. The summed E-state index contributed by atoms with van der Waals surface area (Å²) in [5.41, 5.74) is 3.06. The number of amides is 1. The monoisotopic (exact) mass is 269 g/mol. The number of carbonyl (C=O) groups excluding carboxylic acids is 1. The number of anilines is 1. The fourth-order valence-corrected chi connectivity index (χ4v) is 1.88. The maximum atomic E-state index is 11.2. The number of hydrogen-bond donors (Lipinski definition) is 1. The molecule has 0 fully saturated rings. The van der Waals surface area contributed by atoms with Crippen LogP contribution >= 0.6 is 0 Å². The summed E-state index contributed by atoms with van der Waals surface area (Å²) >= 11 is 0. The number of benzene rings is 2. The summed E-state index contributed by atoms with van der Waals surface area (Å²) in [5, 5.41) is 8.84. The van der Waals surface area contributed by atoms with E-state index in [1.54, 1.807) is 17.0 Å². The number of hydrogen-bond acceptors (Lipinski definition) is 2. The van der Waals surface area contributed by atoms with Crippen LogP contribution in [-0.2, 0) is 11.3 Å². The molecule has 1 amide bonds. The normalized spacial score (nSPS) is 10.1. The molecule has 0 atom stereocenters. The van der Waals surface area contributed by atoms with Gasteiger partial charge in [0, 0.05) is 5.69 Å². The minimum Gasteiger partial charge on any atom is -0.478 e. The van der Waals surface area contributed by atoms with Crippen molar-refractivity contribution in [2.75, 3.05) is 4.90 Å². The predicted molar refractivity (Wildman–Crippen MR) is 76.8 cm³/mol. The third kappa shape index (κ3) is 3.23. The molecule has 0 aromatic heterocycles. The van der Waals surface area contributed by atoms with Crippen molar-refractivity contribution >= 4 is 18.1 Å². The first kappa shape index (κ1) is 13.8. The Morgan fingerprint density at radius 2 is 1.70 bits per heavy atom. The summed E-state index contributed by atoms with van der Waals surface area (Å²) in [4.78, 5) is 23.6. The summed E-state index contributed by atoms with van der Waals surface area (Å²) in [7, 11) is 0. The molecule has 0 aliphatic carbocycles. The molecule has 0 aliphatic rings. The van der Waals surface area contributed by atoms with Crippen LogP contribution in [0.3, 0.4) is 0 Å². The third-order valence-corrected chi connectivity index (χ3v) is 3.05. The van der Waals surface area contributed by atoms with Crippen LogP contribution in [0.1, 0.15) is 21.5 Å². The van der Waals surface area contributed by atoms with Gasteiger partial charge in [0.2, 0.25) is 6.41 Å². The smallest absolute Gasteiger partial charge is 0.335 e. The lowest BCUT2D eigenvalue weighted by atomic mass is 10.1. The third-order valence-electron chi connectivity index (χ3n) is 3.05. The van der Waals surface area contributed by atoms with E-state index in [2.05, 4.69) is 0 Å². The average Bonchev–Trinajstić information content (AvgIpc) is 2.46. The van der Waals surface area contributed by atoms with Gasteiger partial charge in [0.25, 0.3) is 0 Å². The molecule has 4 nitrogen and oxygen atoms in total. The van der Waals surface area contributed by atoms with Gasteiger partial charge in [-0.3, -0.25) is 4.79 Å². The van der Waals surface area contributed by atoms with Crippen LogP contribution < -0.4 is 4.90 Å². The van der Waals surface area contributed by atoms with Crippen LogP contribution in [0.4, 0.5) is 5.69 Å². The molecule has 0 spiro atoms. The molecule has 0 radical (unpaired) electrons. The minimum absolute atomic E-state index is 0.238. The fourth-order valence-electron chi connectivity index (χ4n) is 1.88. The first-order valence-electron chi connectivity index (χ1n) is 6.21. The van der Waals surface area contributed by atoms with E-state index < -0.39 is 5.97 Å². The number of nitrogens with zero attached hydrogens (tertiary/aromatic N) is 1. The maximum Gasteiger partial charge on any atom is 0.335 e. The topological polar surface area (TPSA) is 57.6 Å². The maximum absolute atomic E-state index is 11.2. The summed E-state index contributed by atoms with van der Waals surface area (Å²) < 4.78 is 0. The van der Waals surface area contributed by atoms with E-state index in [9.17, 15) is 9.59 Å². The van der Waals surface area contributed by atoms with Crippen molar-refractivity contribution < 1.29 is 14.7 Å².